The van der Waals surface area contributed by atoms with Crippen molar-refractivity contribution < 1.29 is 9.53 Å². The van der Waals surface area contributed by atoms with Gasteiger partial charge in [-0.15, -0.1) is 0 Å². The average molecular weight is 633 g/mol. The van der Waals surface area contributed by atoms with Crippen molar-refractivity contribution in [3.05, 3.63) is 57.7 Å². The molecule has 6 nitrogen and oxygen atoms in total. The second-order valence-corrected chi connectivity index (χ2v) is 12.4. The number of methoxy groups -OCH3 is 1. The molecule has 2 aromatic carbocycles. The van der Waals surface area contributed by atoms with Crippen molar-refractivity contribution in [2.45, 2.75) is 69.9 Å². The number of anilines is 1. The van der Waals surface area contributed by atoms with E-state index < -0.39 is 0 Å². The molecule has 2 aliphatic rings. The second-order valence-electron chi connectivity index (χ2n) is 11.1. The van der Waals surface area contributed by atoms with Gasteiger partial charge in [-0.1, -0.05) is 44.2 Å². The van der Waals surface area contributed by atoms with Crippen LogP contribution in [-0.4, -0.2) is 68.3 Å². The van der Waals surface area contributed by atoms with Crippen LogP contribution in [0.2, 0.25) is 0 Å². The summed E-state index contributed by atoms with van der Waals surface area (Å²) in [5.74, 6) is 1.69. The summed E-state index contributed by atoms with van der Waals surface area (Å²) in [6.07, 6.45) is 11.5. The van der Waals surface area contributed by atoms with Gasteiger partial charge < -0.3 is 20.3 Å². The van der Waals surface area contributed by atoms with Gasteiger partial charge in [-0.25, -0.2) is 4.79 Å². The van der Waals surface area contributed by atoms with Crippen LogP contribution in [0.25, 0.3) is 0 Å². The molecule has 1 heterocycles. The molecule has 0 unspecified atom stereocenters. The summed E-state index contributed by atoms with van der Waals surface area (Å²) < 4.78 is 6.47. The van der Waals surface area contributed by atoms with E-state index in [2.05, 4.69) is 74.3 Å². The molecule has 1 saturated heterocycles. The fraction of sp³-hybridized carbons (Fsp3) is 0.581. The van der Waals surface area contributed by atoms with Crippen LogP contribution in [0, 0.1) is 9.49 Å². The van der Waals surface area contributed by atoms with E-state index >= 15 is 0 Å². The minimum Gasteiger partial charge on any atom is -0.497 e. The fourth-order valence-corrected chi connectivity index (χ4v) is 6.45. The summed E-state index contributed by atoms with van der Waals surface area (Å²) >= 11 is 2.28. The Morgan fingerprint density at radius 3 is 2.50 bits per heavy atom. The first-order chi connectivity index (χ1) is 18.5. The number of likely N-dealkylation sites (N-methyl/N-ethyl adjacent to an activating group) is 1. The summed E-state index contributed by atoms with van der Waals surface area (Å²) in [5, 5.41) is 6.19. The number of amides is 2. The number of hydrogen-bond donors (Lipinski definition) is 2. The third-order valence-corrected chi connectivity index (χ3v) is 9.12. The molecular weight excluding hydrogens is 587 g/mol. The highest BCUT2D eigenvalue weighted by Gasteiger charge is 2.29. The molecule has 2 atom stereocenters. The van der Waals surface area contributed by atoms with Gasteiger partial charge in [0.05, 0.1) is 7.11 Å². The van der Waals surface area contributed by atoms with Crippen molar-refractivity contribution >= 4 is 34.3 Å². The predicted molar refractivity (Wildman–Crippen MR) is 165 cm³/mol. The third kappa shape index (κ3) is 9.12. The maximum Gasteiger partial charge on any atom is 0.319 e. The number of ether oxygens (including phenoxy) is 1. The van der Waals surface area contributed by atoms with E-state index in [1.165, 1.54) is 63.5 Å². The lowest BCUT2D eigenvalue weighted by molar-refractivity contribution is 0.136. The number of urea groups is 1. The molecule has 4 rings (SSSR count). The van der Waals surface area contributed by atoms with E-state index in [0.29, 0.717) is 18.6 Å². The van der Waals surface area contributed by atoms with Gasteiger partial charge in [0.15, 0.2) is 0 Å². The highest BCUT2D eigenvalue weighted by molar-refractivity contribution is 14.1. The second kappa shape index (κ2) is 15.1. The molecular formula is C31H45IN4O2. The van der Waals surface area contributed by atoms with E-state index in [9.17, 15) is 4.79 Å². The van der Waals surface area contributed by atoms with E-state index in [1.807, 2.05) is 24.3 Å². The number of carbonyl (C=O) groups excluding carboxylic acids is 1. The Balaban J connectivity index is 1.31. The maximum atomic E-state index is 12.7. The molecule has 1 saturated carbocycles. The van der Waals surface area contributed by atoms with E-state index in [1.54, 1.807) is 7.11 Å². The number of nitrogens with zero attached hydrogens (tertiary/aromatic N) is 2. The van der Waals surface area contributed by atoms with Crippen LogP contribution in [0.5, 0.6) is 5.75 Å². The lowest BCUT2D eigenvalue weighted by Gasteiger charge is -2.36. The van der Waals surface area contributed by atoms with Crippen LogP contribution < -0.4 is 15.4 Å². The van der Waals surface area contributed by atoms with Crippen LogP contribution in [0.3, 0.4) is 0 Å². The zero-order valence-electron chi connectivity index (χ0n) is 23.1. The zero-order chi connectivity index (χ0) is 26.7. The normalized spacial score (nSPS) is 19.4. The number of benzene rings is 2. The van der Waals surface area contributed by atoms with Crippen LogP contribution in [0.15, 0.2) is 48.5 Å². The van der Waals surface area contributed by atoms with Crippen LogP contribution >= 0.6 is 22.6 Å². The van der Waals surface area contributed by atoms with E-state index in [4.69, 9.17) is 4.74 Å². The summed E-state index contributed by atoms with van der Waals surface area (Å²) in [7, 11) is 3.99. The summed E-state index contributed by atoms with van der Waals surface area (Å²) in [5.41, 5.74) is 2.20. The largest absolute Gasteiger partial charge is 0.497 e. The molecule has 7 heteroatoms. The molecule has 2 amide bonds. The average Bonchev–Trinajstić information content (AvgIpc) is 3.38. The quantitative estimate of drug-likeness (QED) is 0.266. The molecule has 0 radical (unpaired) electrons. The van der Waals surface area contributed by atoms with Gasteiger partial charge >= 0.3 is 6.03 Å². The highest BCUT2D eigenvalue weighted by atomic mass is 127. The number of carbonyl (C=O) groups is 1. The molecule has 208 valence electrons. The first-order valence-electron chi connectivity index (χ1n) is 14.4. The SMILES string of the molecule is COc1ccc(CCN2CCC[C@H]2CN(C)[C@@H](CNC(=O)Nc2ccc(I)cc2)CC2CCCCC2)cc1. The Bertz CT molecular complexity index is 978. The number of rotatable bonds is 12. The lowest BCUT2D eigenvalue weighted by atomic mass is 9.84. The first-order valence-corrected chi connectivity index (χ1v) is 15.5. The highest BCUT2D eigenvalue weighted by Crippen LogP contribution is 2.29. The van der Waals surface area contributed by atoms with Crippen molar-refractivity contribution in [3.63, 3.8) is 0 Å². The Hall–Kier alpha value is -1.84. The summed E-state index contributed by atoms with van der Waals surface area (Å²) in [4.78, 5) is 17.9. The molecule has 0 aromatic heterocycles. The predicted octanol–water partition coefficient (Wildman–Crippen LogP) is 6.40. The van der Waals surface area contributed by atoms with Gasteiger partial charge in [0.25, 0.3) is 0 Å². The molecule has 2 aromatic rings. The van der Waals surface area contributed by atoms with Gasteiger partial charge in [-0.05, 0) is 110 Å². The van der Waals surface area contributed by atoms with Crippen molar-refractivity contribution in [1.82, 2.24) is 15.1 Å². The van der Waals surface area contributed by atoms with E-state index in [-0.39, 0.29) is 6.03 Å². The Morgan fingerprint density at radius 1 is 1.05 bits per heavy atom. The number of nitrogens with one attached hydrogen (secondary N) is 2. The fourth-order valence-electron chi connectivity index (χ4n) is 6.09. The van der Waals surface area contributed by atoms with Gasteiger partial charge in [0.2, 0.25) is 0 Å². The molecule has 0 bridgehead atoms. The topological polar surface area (TPSA) is 56.8 Å². The lowest BCUT2D eigenvalue weighted by Crippen LogP contribution is -2.48. The van der Waals surface area contributed by atoms with Crippen molar-refractivity contribution in [1.29, 1.82) is 0 Å². The van der Waals surface area contributed by atoms with Crippen molar-refractivity contribution in [2.75, 3.05) is 45.7 Å². The molecule has 0 spiro atoms. The Kier molecular flexibility index (Phi) is 11.6. The number of hydrogen-bond acceptors (Lipinski definition) is 4. The van der Waals surface area contributed by atoms with Crippen LogP contribution in [0.1, 0.15) is 56.9 Å². The minimum atomic E-state index is -0.116. The monoisotopic (exact) mass is 632 g/mol. The molecule has 2 fully saturated rings. The maximum absolute atomic E-state index is 12.7. The minimum absolute atomic E-state index is 0.116. The number of likely N-dealkylation sites (tertiary alicyclic amines) is 1. The molecule has 38 heavy (non-hydrogen) atoms. The van der Waals surface area contributed by atoms with Gasteiger partial charge in [0.1, 0.15) is 5.75 Å². The van der Waals surface area contributed by atoms with Crippen LogP contribution in [0.4, 0.5) is 10.5 Å². The molecule has 1 aliphatic heterocycles. The standard InChI is InChI=1S/C31H45IN4O2/c1-35(23-28-9-6-19-36(28)20-18-24-10-16-30(38-2)17-11-24)29(21-25-7-4-3-5-8-25)22-33-31(37)34-27-14-12-26(32)13-15-27/h10-17,25,28-29H,3-9,18-23H2,1-2H3,(H2,33,34,37)/t28-,29+/m0/s1. The molecule has 2 N–H and O–H groups in total. The third-order valence-electron chi connectivity index (χ3n) is 8.40. The van der Waals surface area contributed by atoms with E-state index in [0.717, 1.165) is 40.4 Å². The van der Waals surface area contributed by atoms with Crippen molar-refractivity contribution in [2.24, 2.45) is 5.92 Å². The zero-order valence-corrected chi connectivity index (χ0v) is 25.3. The first kappa shape index (κ1) is 29.2. The number of halogens is 1. The summed E-state index contributed by atoms with van der Waals surface area (Å²) in [6, 6.07) is 17.2. The Morgan fingerprint density at radius 2 is 1.79 bits per heavy atom. The van der Waals surface area contributed by atoms with Gasteiger partial charge in [-0.3, -0.25) is 4.90 Å². The molecule has 1 aliphatic carbocycles. The van der Waals surface area contributed by atoms with Gasteiger partial charge in [0, 0.05) is 41.0 Å². The van der Waals surface area contributed by atoms with Gasteiger partial charge in [-0.2, -0.15) is 0 Å². The smallest absolute Gasteiger partial charge is 0.319 e. The van der Waals surface area contributed by atoms with Crippen molar-refractivity contribution in [3.8, 4) is 5.75 Å². The Labute approximate surface area is 243 Å². The van der Waals surface area contributed by atoms with Crippen LogP contribution in [-0.2, 0) is 6.42 Å². The summed E-state index contributed by atoms with van der Waals surface area (Å²) in [6.45, 7) is 4.01.